The molecular weight excluding hydrogens is 254 g/mol. The van der Waals surface area contributed by atoms with Crippen molar-refractivity contribution in [1.29, 1.82) is 0 Å². The predicted octanol–water partition coefficient (Wildman–Crippen LogP) is 3.48. The van der Waals surface area contributed by atoms with E-state index in [1.54, 1.807) is 11.3 Å². The summed E-state index contributed by atoms with van der Waals surface area (Å²) in [5.41, 5.74) is 3.78. The lowest BCUT2D eigenvalue weighted by molar-refractivity contribution is 0.0955. The lowest BCUT2D eigenvalue weighted by Gasteiger charge is -2.06. The summed E-state index contributed by atoms with van der Waals surface area (Å²) in [7, 11) is 0. The molecule has 1 aromatic heterocycles. The minimum Gasteiger partial charge on any atom is -0.347 e. The van der Waals surface area contributed by atoms with E-state index in [1.807, 2.05) is 12.1 Å². The molecule has 3 heteroatoms. The van der Waals surface area contributed by atoms with Crippen LogP contribution in [0.5, 0.6) is 0 Å². The quantitative estimate of drug-likeness (QED) is 0.910. The van der Waals surface area contributed by atoms with Crippen molar-refractivity contribution in [3.63, 3.8) is 0 Å². The third-order valence-corrected chi connectivity index (χ3v) is 4.91. The summed E-state index contributed by atoms with van der Waals surface area (Å²) in [4.78, 5) is 14.4. The maximum absolute atomic E-state index is 12.1. The number of benzene rings is 1. The number of nitrogens with one attached hydrogen (secondary N) is 1. The third-order valence-electron chi connectivity index (χ3n) is 3.67. The Kier molecular flexibility index (Phi) is 3.38. The van der Waals surface area contributed by atoms with Crippen LogP contribution in [0.1, 0.15) is 37.7 Å². The van der Waals surface area contributed by atoms with E-state index in [-0.39, 0.29) is 5.91 Å². The van der Waals surface area contributed by atoms with Gasteiger partial charge in [0, 0.05) is 11.4 Å². The highest BCUT2D eigenvalue weighted by molar-refractivity contribution is 7.14. The molecule has 0 spiro atoms. The van der Waals surface area contributed by atoms with Crippen LogP contribution < -0.4 is 5.32 Å². The summed E-state index contributed by atoms with van der Waals surface area (Å²) in [5, 5.41) is 3.02. The highest BCUT2D eigenvalue weighted by Crippen LogP contribution is 2.30. The second-order valence-electron chi connectivity index (χ2n) is 5.02. The molecular formula is C16H17NOS. The van der Waals surface area contributed by atoms with E-state index in [9.17, 15) is 4.79 Å². The molecule has 0 fully saturated rings. The van der Waals surface area contributed by atoms with Gasteiger partial charge < -0.3 is 5.32 Å². The first-order chi connectivity index (χ1) is 9.24. The lowest BCUT2D eigenvalue weighted by Crippen LogP contribution is -2.22. The molecule has 0 atom stereocenters. The standard InChI is InChI=1S/C16H17NOS/c1-11-5-2-3-6-13(11)10-17-16(18)15-9-12-7-4-8-14(12)19-15/h2-3,5-6,9H,4,7-8,10H2,1H3,(H,17,18). The van der Waals surface area contributed by atoms with Crippen LogP contribution in [0, 0.1) is 6.92 Å². The van der Waals surface area contributed by atoms with Crippen LogP contribution in [0.4, 0.5) is 0 Å². The van der Waals surface area contributed by atoms with Gasteiger partial charge in [0.25, 0.3) is 5.91 Å². The third kappa shape index (κ3) is 2.56. The van der Waals surface area contributed by atoms with Crippen molar-refractivity contribution >= 4 is 17.2 Å². The molecule has 2 aromatic rings. The van der Waals surface area contributed by atoms with E-state index in [1.165, 1.54) is 28.0 Å². The van der Waals surface area contributed by atoms with Gasteiger partial charge in [0.15, 0.2) is 0 Å². The first-order valence-corrected chi connectivity index (χ1v) is 7.50. The Bertz CT molecular complexity index is 593. The number of amides is 1. The first-order valence-electron chi connectivity index (χ1n) is 6.68. The van der Waals surface area contributed by atoms with Gasteiger partial charge in [0.2, 0.25) is 0 Å². The molecule has 1 aliphatic rings. The van der Waals surface area contributed by atoms with E-state index in [0.29, 0.717) is 6.54 Å². The van der Waals surface area contributed by atoms with Crippen molar-refractivity contribution in [2.24, 2.45) is 0 Å². The average molecular weight is 271 g/mol. The van der Waals surface area contributed by atoms with Crippen LogP contribution in [0.25, 0.3) is 0 Å². The Balaban J connectivity index is 1.67. The minimum absolute atomic E-state index is 0.0580. The summed E-state index contributed by atoms with van der Waals surface area (Å²) >= 11 is 1.66. The van der Waals surface area contributed by atoms with Gasteiger partial charge in [-0.1, -0.05) is 24.3 Å². The highest BCUT2D eigenvalue weighted by atomic mass is 32.1. The van der Waals surface area contributed by atoms with Crippen LogP contribution in [0.15, 0.2) is 30.3 Å². The number of carbonyl (C=O) groups excluding carboxylic acids is 1. The summed E-state index contributed by atoms with van der Waals surface area (Å²) in [6.45, 7) is 2.68. The van der Waals surface area contributed by atoms with Gasteiger partial charge in [-0.25, -0.2) is 0 Å². The molecule has 1 N–H and O–H groups in total. The van der Waals surface area contributed by atoms with Crippen molar-refractivity contribution < 1.29 is 4.79 Å². The Morgan fingerprint density at radius 3 is 2.95 bits per heavy atom. The summed E-state index contributed by atoms with van der Waals surface area (Å²) in [6.07, 6.45) is 3.52. The van der Waals surface area contributed by atoms with E-state index >= 15 is 0 Å². The van der Waals surface area contributed by atoms with Crippen molar-refractivity contribution in [1.82, 2.24) is 5.32 Å². The Hall–Kier alpha value is -1.61. The molecule has 0 saturated heterocycles. The fourth-order valence-electron chi connectivity index (χ4n) is 2.51. The maximum atomic E-state index is 12.1. The number of rotatable bonds is 3. The van der Waals surface area contributed by atoms with Crippen molar-refractivity contribution in [3.05, 3.63) is 56.8 Å². The zero-order valence-electron chi connectivity index (χ0n) is 11.0. The molecule has 19 heavy (non-hydrogen) atoms. The molecule has 0 saturated carbocycles. The molecule has 0 radical (unpaired) electrons. The van der Waals surface area contributed by atoms with Gasteiger partial charge in [-0.2, -0.15) is 0 Å². The zero-order valence-corrected chi connectivity index (χ0v) is 11.8. The average Bonchev–Trinajstić information content (AvgIpc) is 2.98. The van der Waals surface area contributed by atoms with Gasteiger partial charge >= 0.3 is 0 Å². The van der Waals surface area contributed by atoms with E-state index in [0.717, 1.165) is 17.7 Å². The minimum atomic E-state index is 0.0580. The fraction of sp³-hybridized carbons (Fsp3) is 0.312. The molecule has 1 aromatic carbocycles. The van der Waals surface area contributed by atoms with Crippen LogP contribution >= 0.6 is 11.3 Å². The molecule has 0 aliphatic heterocycles. The molecule has 98 valence electrons. The van der Waals surface area contributed by atoms with Crippen molar-refractivity contribution in [2.75, 3.05) is 0 Å². The molecule has 1 aliphatic carbocycles. The maximum Gasteiger partial charge on any atom is 0.261 e. The SMILES string of the molecule is Cc1ccccc1CNC(=O)c1cc2c(s1)CCC2. The van der Waals surface area contributed by atoms with E-state index in [2.05, 4.69) is 30.4 Å². The van der Waals surface area contributed by atoms with Crippen molar-refractivity contribution in [3.8, 4) is 0 Å². The molecule has 0 bridgehead atoms. The van der Waals surface area contributed by atoms with Gasteiger partial charge in [-0.15, -0.1) is 11.3 Å². The molecule has 0 unspecified atom stereocenters. The Morgan fingerprint density at radius 1 is 1.32 bits per heavy atom. The van der Waals surface area contributed by atoms with Gasteiger partial charge in [0.1, 0.15) is 0 Å². The lowest BCUT2D eigenvalue weighted by atomic mass is 10.1. The van der Waals surface area contributed by atoms with E-state index in [4.69, 9.17) is 0 Å². The number of hydrogen-bond acceptors (Lipinski definition) is 2. The fourth-order valence-corrected chi connectivity index (χ4v) is 3.68. The Labute approximate surface area is 117 Å². The van der Waals surface area contributed by atoms with Crippen LogP contribution in [0.2, 0.25) is 0 Å². The molecule has 2 nitrogen and oxygen atoms in total. The summed E-state index contributed by atoms with van der Waals surface area (Å²) in [5.74, 6) is 0.0580. The second kappa shape index (κ2) is 5.17. The second-order valence-corrected chi connectivity index (χ2v) is 6.16. The summed E-state index contributed by atoms with van der Waals surface area (Å²) < 4.78 is 0. The van der Waals surface area contributed by atoms with Gasteiger partial charge in [-0.05, 0) is 48.9 Å². The topological polar surface area (TPSA) is 29.1 Å². The number of fused-ring (bicyclic) bond motifs is 1. The van der Waals surface area contributed by atoms with E-state index < -0.39 is 0 Å². The summed E-state index contributed by atoms with van der Waals surface area (Å²) in [6, 6.07) is 10.2. The Morgan fingerprint density at radius 2 is 2.16 bits per heavy atom. The smallest absolute Gasteiger partial charge is 0.261 e. The van der Waals surface area contributed by atoms with Crippen LogP contribution in [0.3, 0.4) is 0 Å². The number of carbonyl (C=O) groups is 1. The highest BCUT2D eigenvalue weighted by Gasteiger charge is 2.18. The first kappa shape index (κ1) is 12.4. The monoisotopic (exact) mass is 271 g/mol. The normalized spacial score (nSPS) is 13.3. The zero-order chi connectivity index (χ0) is 13.2. The number of thiophene rings is 1. The van der Waals surface area contributed by atoms with Gasteiger partial charge in [-0.3, -0.25) is 4.79 Å². The predicted molar refractivity (Wildman–Crippen MR) is 78.7 cm³/mol. The molecule has 3 rings (SSSR count). The molecule has 1 amide bonds. The number of hydrogen-bond donors (Lipinski definition) is 1. The largest absolute Gasteiger partial charge is 0.347 e. The van der Waals surface area contributed by atoms with Crippen LogP contribution in [-0.2, 0) is 19.4 Å². The van der Waals surface area contributed by atoms with Crippen LogP contribution in [-0.4, -0.2) is 5.91 Å². The van der Waals surface area contributed by atoms with Crippen molar-refractivity contribution in [2.45, 2.75) is 32.7 Å². The molecule has 1 heterocycles. The van der Waals surface area contributed by atoms with Gasteiger partial charge in [0.05, 0.1) is 4.88 Å². The number of aryl methyl sites for hydroxylation is 3.